The van der Waals surface area contributed by atoms with Crippen LogP contribution in [0.3, 0.4) is 0 Å². The number of nitrogens with zero attached hydrogens (tertiary/aromatic N) is 2. The van der Waals surface area contributed by atoms with Crippen molar-refractivity contribution in [2.24, 2.45) is 16.6 Å². The fraction of sp³-hybridized carbons (Fsp3) is 0.556. The average molecular weight is 316 g/mol. The van der Waals surface area contributed by atoms with E-state index in [-0.39, 0.29) is 11.8 Å². The van der Waals surface area contributed by atoms with Crippen molar-refractivity contribution in [3.63, 3.8) is 0 Å². The first-order chi connectivity index (χ1) is 11.1. The van der Waals surface area contributed by atoms with Crippen molar-refractivity contribution in [3.05, 3.63) is 29.8 Å². The van der Waals surface area contributed by atoms with Gasteiger partial charge < -0.3 is 16.0 Å². The highest BCUT2D eigenvalue weighted by molar-refractivity contribution is 5.92. The first-order valence-electron chi connectivity index (χ1n) is 8.51. The van der Waals surface area contributed by atoms with Crippen LogP contribution in [0.15, 0.2) is 29.3 Å². The Kier molecular flexibility index (Phi) is 6.44. The lowest BCUT2D eigenvalue weighted by Gasteiger charge is -2.21. The van der Waals surface area contributed by atoms with Gasteiger partial charge in [-0.05, 0) is 30.5 Å². The smallest absolute Gasteiger partial charge is 0.226 e. The van der Waals surface area contributed by atoms with Gasteiger partial charge in [-0.15, -0.1) is 0 Å². The summed E-state index contributed by atoms with van der Waals surface area (Å²) < 4.78 is 0. The summed E-state index contributed by atoms with van der Waals surface area (Å²) in [6.07, 6.45) is 4.96. The summed E-state index contributed by atoms with van der Waals surface area (Å²) in [4.78, 5) is 18.4. The molecule has 0 unspecified atom stereocenters. The molecule has 1 aromatic rings. The summed E-state index contributed by atoms with van der Waals surface area (Å²) in [7, 11) is 0. The van der Waals surface area contributed by atoms with Gasteiger partial charge in [0.25, 0.3) is 0 Å². The van der Waals surface area contributed by atoms with Crippen LogP contribution < -0.4 is 11.1 Å². The molecule has 0 aliphatic carbocycles. The van der Waals surface area contributed by atoms with Gasteiger partial charge in [0.2, 0.25) is 5.91 Å². The molecule has 1 fully saturated rings. The number of carbonyl (C=O) groups excluding carboxylic acids is 1. The summed E-state index contributed by atoms with van der Waals surface area (Å²) in [6.45, 7) is 6.35. The molecule has 0 aromatic heterocycles. The predicted octanol–water partition coefficient (Wildman–Crippen LogP) is 2.97. The molecule has 1 heterocycles. The van der Waals surface area contributed by atoms with E-state index in [4.69, 9.17) is 5.73 Å². The molecule has 0 bridgehead atoms. The maximum absolute atomic E-state index is 11.7. The third-order valence-corrected chi connectivity index (χ3v) is 4.10. The first kappa shape index (κ1) is 17.3. The van der Waals surface area contributed by atoms with Gasteiger partial charge in [0.15, 0.2) is 5.96 Å². The first-order valence-corrected chi connectivity index (χ1v) is 8.51. The monoisotopic (exact) mass is 316 g/mol. The van der Waals surface area contributed by atoms with Crippen LogP contribution in [0.25, 0.3) is 0 Å². The van der Waals surface area contributed by atoms with Crippen LogP contribution in [0.4, 0.5) is 5.69 Å². The Morgan fingerprint density at radius 2 is 1.78 bits per heavy atom. The van der Waals surface area contributed by atoms with Crippen LogP contribution in [0.2, 0.25) is 0 Å². The molecule has 5 heteroatoms. The number of amides is 1. The van der Waals surface area contributed by atoms with Crippen molar-refractivity contribution < 1.29 is 4.79 Å². The van der Waals surface area contributed by atoms with Crippen molar-refractivity contribution in [1.82, 2.24) is 4.90 Å². The minimum absolute atomic E-state index is 0.0206. The standard InChI is InChI=1S/C18H28N4O/c1-14(2)17(23)21-16-9-7-15(8-10-16)13-20-18(19)22-11-5-3-4-6-12-22/h7-10,14H,3-6,11-13H2,1-2H3,(H2,19,20)(H,21,23). The van der Waals surface area contributed by atoms with Crippen molar-refractivity contribution in [2.45, 2.75) is 46.1 Å². The highest BCUT2D eigenvalue weighted by Gasteiger charge is 2.10. The lowest BCUT2D eigenvalue weighted by Crippen LogP contribution is -2.38. The number of anilines is 1. The van der Waals surface area contributed by atoms with Gasteiger partial charge in [0, 0.05) is 24.7 Å². The molecule has 0 atom stereocenters. The molecule has 126 valence electrons. The van der Waals surface area contributed by atoms with Gasteiger partial charge in [0.1, 0.15) is 0 Å². The van der Waals surface area contributed by atoms with Crippen molar-refractivity contribution in [2.75, 3.05) is 18.4 Å². The van der Waals surface area contributed by atoms with Gasteiger partial charge in [0.05, 0.1) is 6.54 Å². The van der Waals surface area contributed by atoms with E-state index in [0.717, 1.165) is 24.3 Å². The quantitative estimate of drug-likeness (QED) is 0.662. The summed E-state index contributed by atoms with van der Waals surface area (Å²) >= 11 is 0. The Labute approximate surface area is 139 Å². The van der Waals surface area contributed by atoms with Gasteiger partial charge in [-0.25, -0.2) is 4.99 Å². The van der Waals surface area contributed by atoms with E-state index >= 15 is 0 Å². The second-order valence-electron chi connectivity index (χ2n) is 6.42. The minimum atomic E-state index is -0.0206. The average Bonchev–Trinajstić information content (AvgIpc) is 2.83. The Hall–Kier alpha value is -2.04. The molecule has 3 N–H and O–H groups in total. The third kappa shape index (κ3) is 5.58. The molecule has 23 heavy (non-hydrogen) atoms. The number of likely N-dealkylation sites (tertiary alicyclic amines) is 1. The van der Waals surface area contributed by atoms with Gasteiger partial charge in [-0.1, -0.05) is 38.8 Å². The maximum Gasteiger partial charge on any atom is 0.226 e. The molecule has 1 aromatic carbocycles. The molecule has 5 nitrogen and oxygen atoms in total. The Balaban J connectivity index is 1.89. The van der Waals surface area contributed by atoms with E-state index in [0.29, 0.717) is 12.5 Å². The van der Waals surface area contributed by atoms with Crippen LogP contribution >= 0.6 is 0 Å². The number of carbonyl (C=O) groups is 1. The van der Waals surface area contributed by atoms with Crippen LogP contribution in [0.5, 0.6) is 0 Å². The van der Waals surface area contributed by atoms with Crippen LogP contribution in [0, 0.1) is 5.92 Å². The fourth-order valence-electron chi connectivity index (χ4n) is 2.55. The summed E-state index contributed by atoms with van der Waals surface area (Å²) in [5.41, 5.74) is 8.02. The number of benzene rings is 1. The van der Waals surface area contributed by atoms with Crippen LogP contribution in [-0.2, 0) is 11.3 Å². The zero-order valence-corrected chi connectivity index (χ0v) is 14.2. The fourth-order valence-corrected chi connectivity index (χ4v) is 2.55. The summed E-state index contributed by atoms with van der Waals surface area (Å²) in [5.74, 6) is 0.651. The van der Waals surface area contributed by atoms with Crippen LogP contribution in [0.1, 0.15) is 45.1 Å². The molecule has 1 aliphatic rings. The number of nitrogens with two attached hydrogens (primary N) is 1. The molecular weight excluding hydrogens is 288 g/mol. The van der Waals surface area contributed by atoms with Gasteiger partial charge in [-0.3, -0.25) is 4.79 Å². The molecule has 1 saturated heterocycles. The molecule has 1 amide bonds. The molecule has 0 spiro atoms. The number of aliphatic imine (C=N–C) groups is 1. The normalized spacial score (nSPS) is 16.3. The topological polar surface area (TPSA) is 70.7 Å². The number of rotatable bonds is 4. The number of guanidine groups is 1. The zero-order chi connectivity index (χ0) is 16.7. The second kappa shape index (κ2) is 8.56. The largest absolute Gasteiger partial charge is 0.370 e. The second-order valence-corrected chi connectivity index (χ2v) is 6.42. The van der Waals surface area contributed by atoms with E-state index in [1.54, 1.807) is 0 Å². The molecular formula is C18H28N4O. The Morgan fingerprint density at radius 1 is 1.17 bits per heavy atom. The molecule has 1 aliphatic heterocycles. The van der Waals surface area contributed by atoms with Crippen molar-refractivity contribution in [3.8, 4) is 0 Å². The van der Waals surface area contributed by atoms with Crippen molar-refractivity contribution >= 4 is 17.6 Å². The number of hydrogen-bond acceptors (Lipinski definition) is 2. The van der Waals surface area contributed by atoms with Gasteiger partial charge in [-0.2, -0.15) is 0 Å². The summed E-state index contributed by atoms with van der Waals surface area (Å²) in [6, 6.07) is 7.78. The molecule has 2 rings (SSSR count). The van der Waals surface area contributed by atoms with E-state index in [1.807, 2.05) is 38.1 Å². The number of nitrogens with one attached hydrogen (secondary N) is 1. The lowest BCUT2D eigenvalue weighted by molar-refractivity contribution is -0.118. The highest BCUT2D eigenvalue weighted by atomic mass is 16.1. The van der Waals surface area contributed by atoms with Crippen molar-refractivity contribution in [1.29, 1.82) is 0 Å². The molecule has 0 radical (unpaired) electrons. The third-order valence-electron chi connectivity index (χ3n) is 4.10. The van der Waals surface area contributed by atoms with E-state index < -0.39 is 0 Å². The zero-order valence-electron chi connectivity index (χ0n) is 14.2. The van der Waals surface area contributed by atoms with E-state index in [2.05, 4.69) is 15.2 Å². The molecule has 0 saturated carbocycles. The van der Waals surface area contributed by atoms with Gasteiger partial charge >= 0.3 is 0 Å². The van der Waals surface area contributed by atoms with E-state index in [1.165, 1.54) is 25.7 Å². The highest BCUT2D eigenvalue weighted by Crippen LogP contribution is 2.13. The Bertz CT molecular complexity index is 528. The maximum atomic E-state index is 11.7. The number of hydrogen-bond donors (Lipinski definition) is 2. The Morgan fingerprint density at radius 3 is 2.35 bits per heavy atom. The van der Waals surface area contributed by atoms with E-state index in [9.17, 15) is 4.79 Å². The lowest BCUT2D eigenvalue weighted by atomic mass is 10.2. The summed E-state index contributed by atoms with van der Waals surface area (Å²) in [5, 5.41) is 2.88. The SMILES string of the molecule is CC(C)C(=O)Nc1ccc(CN=C(N)N2CCCCCC2)cc1. The minimum Gasteiger partial charge on any atom is -0.370 e. The predicted molar refractivity (Wildman–Crippen MR) is 95.3 cm³/mol. The van der Waals surface area contributed by atoms with Crippen LogP contribution in [-0.4, -0.2) is 29.9 Å².